The van der Waals surface area contributed by atoms with Crippen LogP contribution in [0.25, 0.3) is 0 Å². The van der Waals surface area contributed by atoms with Gasteiger partial charge in [-0.15, -0.1) is 11.8 Å². The summed E-state index contributed by atoms with van der Waals surface area (Å²) in [5, 5.41) is 9.02. The Kier molecular flexibility index (Phi) is 3.71. The smallest absolute Gasteiger partial charge is 0.304 e. The number of anilines is 1. The van der Waals surface area contributed by atoms with Crippen molar-refractivity contribution < 1.29 is 14.6 Å². The maximum Gasteiger partial charge on any atom is 0.304 e. The number of carbonyl (C=O) groups is 1. The van der Waals surface area contributed by atoms with Crippen LogP contribution < -0.4 is 9.64 Å². The van der Waals surface area contributed by atoms with Crippen molar-refractivity contribution in [2.75, 3.05) is 19.1 Å². The number of fused-ring (bicyclic) bond motifs is 1. The zero-order valence-corrected chi connectivity index (χ0v) is 11.5. The summed E-state index contributed by atoms with van der Waals surface area (Å²) in [4.78, 5) is 14.1. The Morgan fingerprint density at radius 2 is 2.28 bits per heavy atom. The molecule has 2 atom stereocenters. The van der Waals surface area contributed by atoms with E-state index in [1.165, 1.54) is 0 Å². The molecule has 1 heterocycles. The van der Waals surface area contributed by atoms with E-state index in [0.29, 0.717) is 0 Å². The number of ether oxygens (including phenoxy) is 1. The summed E-state index contributed by atoms with van der Waals surface area (Å²) in [6.45, 7) is 2.06. The molecule has 2 rings (SSSR count). The molecule has 5 heteroatoms. The monoisotopic (exact) mass is 267 g/mol. The number of benzene rings is 1. The fraction of sp³-hybridized carbons (Fsp3) is 0.462. The van der Waals surface area contributed by atoms with Crippen LogP contribution in [0.15, 0.2) is 23.1 Å². The Balaban J connectivity index is 2.32. The van der Waals surface area contributed by atoms with E-state index >= 15 is 0 Å². The van der Waals surface area contributed by atoms with Gasteiger partial charge in [-0.25, -0.2) is 0 Å². The predicted octanol–water partition coefficient (Wildman–Crippen LogP) is 2.47. The molecule has 0 bridgehead atoms. The van der Waals surface area contributed by atoms with Crippen LogP contribution in [0.3, 0.4) is 0 Å². The molecule has 98 valence electrons. The van der Waals surface area contributed by atoms with E-state index in [-0.39, 0.29) is 17.7 Å². The quantitative estimate of drug-likeness (QED) is 0.911. The minimum atomic E-state index is -0.751. The fourth-order valence-electron chi connectivity index (χ4n) is 2.12. The van der Waals surface area contributed by atoms with Gasteiger partial charge in [0.05, 0.1) is 19.2 Å². The Hall–Kier alpha value is -1.36. The first-order chi connectivity index (χ1) is 8.52. The lowest BCUT2D eigenvalue weighted by Gasteiger charge is -2.38. The largest absolute Gasteiger partial charge is 0.497 e. The van der Waals surface area contributed by atoms with Crippen LogP contribution in [0.1, 0.15) is 13.3 Å². The molecule has 1 aromatic carbocycles. The van der Waals surface area contributed by atoms with Gasteiger partial charge in [-0.3, -0.25) is 4.79 Å². The Morgan fingerprint density at radius 1 is 1.56 bits per heavy atom. The number of nitrogens with zero attached hydrogens (tertiary/aromatic N) is 1. The third-order valence-electron chi connectivity index (χ3n) is 3.35. The van der Waals surface area contributed by atoms with Crippen molar-refractivity contribution in [3.05, 3.63) is 18.2 Å². The molecule has 1 aliphatic heterocycles. The SMILES string of the molecule is COc1ccc2c(c1)SC(CC(=O)O)C(C)N2C. The molecule has 18 heavy (non-hydrogen) atoms. The van der Waals surface area contributed by atoms with Crippen molar-refractivity contribution in [2.24, 2.45) is 0 Å². The second-order valence-electron chi connectivity index (χ2n) is 4.44. The van der Waals surface area contributed by atoms with Crippen molar-refractivity contribution >= 4 is 23.4 Å². The second kappa shape index (κ2) is 5.10. The van der Waals surface area contributed by atoms with Gasteiger partial charge in [-0.1, -0.05) is 0 Å². The fourth-order valence-corrected chi connectivity index (χ4v) is 3.57. The highest BCUT2D eigenvalue weighted by Gasteiger charge is 2.31. The molecule has 0 amide bonds. The van der Waals surface area contributed by atoms with Gasteiger partial charge in [0.25, 0.3) is 0 Å². The number of thioether (sulfide) groups is 1. The van der Waals surface area contributed by atoms with Gasteiger partial charge < -0.3 is 14.7 Å². The number of hydrogen-bond donors (Lipinski definition) is 1. The molecule has 1 aromatic rings. The first-order valence-electron chi connectivity index (χ1n) is 5.82. The minimum absolute atomic E-state index is 0.0621. The molecular weight excluding hydrogens is 250 g/mol. The number of aliphatic carboxylic acids is 1. The molecule has 2 unspecified atom stereocenters. The number of carboxylic acid groups (broad SMARTS) is 1. The van der Waals surface area contributed by atoms with E-state index in [2.05, 4.69) is 11.8 Å². The summed E-state index contributed by atoms with van der Waals surface area (Å²) in [7, 11) is 3.64. The Labute approximate surface area is 111 Å². The van der Waals surface area contributed by atoms with Gasteiger partial charge in [-0.2, -0.15) is 0 Å². The van der Waals surface area contributed by atoms with Gasteiger partial charge in [0.1, 0.15) is 5.75 Å². The average Bonchev–Trinajstić information content (AvgIpc) is 2.34. The molecule has 0 aromatic heterocycles. The summed E-state index contributed by atoms with van der Waals surface area (Å²) < 4.78 is 5.21. The zero-order chi connectivity index (χ0) is 13.3. The Morgan fingerprint density at radius 3 is 2.89 bits per heavy atom. The van der Waals surface area contributed by atoms with Crippen molar-refractivity contribution in [1.29, 1.82) is 0 Å². The Bertz CT molecular complexity index is 464. The molecular formula is C13H17NO3S. The van der Waals surface area contributed by atoms with E-state index < -0.39 is 5.97 Å². The lowest BCUT2D eigenvalue weighted by molar-refractivity contribution is -0.137. The van der Waals surface area contributed by atoms with Crippen molar-refractivity contribution in [2.45, 2.75) is 29.5 Å². The highest BCUT2D eigenvalue weighted by atomic mass is 32.2. The van der Waals surface area contributed by atoms with Crippen molar-refractivity contribution in [3.63, 3.8) is 0 Å². The number of rotatable bonds is 3. The molecule has 0 aliphatic carbocycles. The van der Waals surface area contributed by atoms with Crippen LogP contribution in [-0.4, -0.2) is 36.5 Å². The van der Waals surface area contributed by atoms with Gasteiger partial charge in [0.2, 0.25) is 0 Å². The lowest BCUT2D eigenvalue weighted by atomic mass is 10.1. The first kappa shape index (κ1) is 13.1. The highest BCUT2D eigenvalue weighted by molar-refractivity contribution is 8.00. The standard InChI is InChI=1S/C13H17NO3S/c1-8-11(7-13(15)16)18-12-6-9(17-3)4-5-10(12)14(8)2/h4-6,8,11H,7H2,1-3H3,(H,15,16). The van der Waals surface area contributed by atoms with Gasteiger partial charge in [0, 0.05) is 23.2 Å². The van der Waals surface area contributed by atoms with Crippen LogP contribution in [0.5, 0.6) is 5.75 Å². The van der Waals surface area contributed by atoms with Gasteiger partial charge in [0.15, 0.2) is 0 Å². The van der Waals surface area contributed by atoms with Crippen molar-refractivity contribution in [3.8, 4) is 5.75 Å². The summed E-state index contributed by atoms with van der Waals surface area (Å²) in [5.74, 6) is 0.0531. The van der Waals surface area contributed by atoms with Crippen molar-refractivity contribution in [1.82, 2.24) is 0 Å². The van der Waals surface area contributed by atoms with Crippen LogP contribution in [-0.2, 0) is 4.79 Å². The summed E-state index contributed by atoms with van der Waals surface area (Å²) in [6, 6.07) is 6.12. The molecule has 0 spiro atoms. The lowest BCUT2D eigenvalue weighted by Crippen LogP contribution is -2.41. The summed E-state index contributed by atoms with van der Waals surface area (Å²) in [5.41, 5.74) is 1.13. The van der Waals surface area contributed by atoms with E-state index in [1.807, 2.05) is 25.2 Å². The highest BCUT2D eigenvalue weighted by Crippen LogP contribution is 2.43. The minimum Gasteiger partial charge on any atom is -0.497 e. The molecule has 0 radical (unpaired) electrons. The van der Waals surface area contributed by atoms with E-state index in [9.17, 15) is 4.79 Å². The summed E-state index contributed by atoms with van der Waals surface area (Å²) in [6.07, 6.45) is 0.173. The number of hydrogen-bond acceptors (Lipinski definition) is 4. The van der Waals surface area contributed by atoms with Crippen LogP contribution in [0.4, 0.5) is 5.69 Å². The number of methoxy groups -OCH3 is 1. The molecule has 1 N–H and O–H groups in total. The van der Waals surface area contributed by atoms with Crippen LogP contribution >= 0.6 is 11.8 Å². The molecule has 0 saturated heterocycles. The normalized spacial score (nSPS) is 22.5. The molecule has 4 nitrogen and oxygen atoms in total. The average molecular weight is 267 g/mol. The topological polar surface area (TPSA) is 49.8 Å². The molecule has 1 aliphatic rings. The molecule has 0 saturated carbocycles. The molecule has 0 fully saturated rings. The maximum absolute atomic E-state index is 10.9. The number of carboxylic acids is 1. The predicted molar refractivity (Wildman–Crippen MR) is 72.8 cm³/mol. The third-order valence-corrected chi connectivity index (χ3v) is 4.79. The first-order valence-corrected chi connectivity index (χ1v) is 6.70. The zero-order valence-electron chi connectivity index (χ0n) is 10.7. The second-order valence-corrected chi connectivity index (χ2v) is 5.72. The summed E-state index contributed by atoms with van der Waals surface area (Å²) >= 11 is 1.62. The van der Waals surface area contributed by atoms with E-state index in [0.717, 1.165) is 16.3 Å². The van der Waals surface area contributed by atoms with Crippen LogP contribution in [0.2, 0.25) is 0 Å². The van der Waals surface area contributed by atoms with E-state index in [1.54, 1.807) is 18.9 Å². The van der Waals surface area contributed by atoms with E-state index in [4.69, 9.17) is 9.84 Å². The van der Waals surface area contributed by atoms with Crippen LogP contribution in [0, 0.1) is 0 Å². The maximum atomic E-state index is 10.9. The van der Waals surface area contributed by atoms with Gasteiger partial charge in [-0.05, 0) is 25.1 Å². The van der Waals surface area contributed by atoms with Gasteiger partial charge >= 0.3 is 5.97 Å². The third kappa shape index (κ3) is 2.41.